The highest BCUT2D eigenvalue weighted by molar-refractivity contribution is 5.84. The van der Waals surface area contributed by atoms with Crippen LogP contribution in [0.4, 0.5) is 0 Å². The third-order valence-corrected chi connectivity index (χ3v) is 2.38. The third kappa shape index (κ3) is 4.92. The lowest BCUT2D eigenvalue weighted by Crippen LogP contribution is -2.41. The van der Waals surface area contributed by atoms with Crippen LogP contribution in [-0.2, 0) is 16.1 Å². The Kier molecular flexibility index (Phi) is 5.79. The van der Waals surface area contributed by atoms with Crippen LogP contribution in [-0.4, -0.2) is 34.6 Å². The van der Waals surface area contributed by atoms with Gasteiger partial charge in [-0.15, -0.1) is 0 Å². The van der Waals surface area contributed by atoms with Gasteiger partial charge in [0.25, 0.3) is 0 Å². The smallest absolute Gasteiger partial charge is 0.321 e. The summed E-state index contributed by atoms with van der Waals surface area (Å²) in [7, 11) is 0. The molecule has 0 aliphatic heterocycles. The topological polar surface area (TPSA) is 91.3 Å². The van der Waals surface area contributed by atoms with Crippen molar-refractivity contribution >= 4 is 11.9 Å². The van der Waals surface area contributed by atoms with Crippen molar-refractivity contribution in [2.24, 2.45) is 0 Å². The lowest BCUT2D eigenvalue weighted by molar-refractivity contribution is -0.141. The van der Waals surface area contributed by atoms with Crippen LogP contribution in [0, 0.1) is 0 Å². The molecule has 6 heteroatoms. The van der Waals surface area contributed by atoms with Crippen LogP contribution >= 0.6 is 0 Å². The fraction of sp³-hybridized carbons (Fsp3) is 0.417. The Morgan fingerprint density at radius 2 is 2.06 bits per heavy atom. The summed E-state index contributed by atoms with van der Waals surface area (Å²) in [6.45, 7) is 2.68. The van der Waals surface area contributed by atoms with Gasteiger partial charge in [-0.2, -0.15) is 0 Å². The molecule has 0 unspecified atom stereocenters. The van der Waals surface area contributed by atoms with E-state index in [4.69, 9.17) is 5.11 Å². The molecular weight excluding hydrogens is 234 g/mol. The van der Waals surface area contributed by atoms with Crippen molar-refractivity contribution in [2.75, 3.05) is 6.54 Å². The molecule has 0 spiro atoms. The van der Waals surface area contributed by atoms with Gasteiger partial charge in [0.15, 0.2) is 0 Å². The van der Waals surface area contributed by atoms with Crippen LogP contribution in [0.3, 0.4) is 0 Å². The molecule has 98 valence electrons. The predicted molar refractivity (Wildman–Crippen MR) is 65.8 cm³/mol. The Hall–Kier alpha value is -1.95. The summed E-state index contributed by atoms with van der Waals surface area (Å²) in [6, 6.07) is 2.74. The zero-order chi connectivity index (χ0) is 13.4. The number of likely N-dealkylation sites (N-methyl/N-ethyl adjacent to an activating group) is 1. The highest BCUT2D eigenvalue weighted by atomic mass is 16.4. The standard InChI is InChI=1S/C12H17N3O3/c1-2-14-10(12(17)18)7-11(16)15-8-9-3-5-13-6-4-9/h3-6,10,14H,2,7-8H2,1H3,(H,15,16)(H,17,18)/t10-/m0/s1. The summed E-state index contributed by atoms with van der Waals surface area (Å²) in [5.74, 6) is -1.31. The van der Waals surface area contributed by atoms with E-state index in [1.807, 2.05) is 0 Å². The molecule has 0 aromatic carbocycles. The SMILES string of the molecule is CCN[C@@H](CC(=O)NCc1ccncc1)C(=O)O. The van der Waals surface area contributed by atoms with E-state index in [0.29, 0.717) is 13.1 Å². The molecule has 0 aliphatic carbocycles. The molecule has 6 nitrogen and oxygen atoms in total. The Bertz CT molecular complexity index is 395. The van der Waals surface area contributed by atoms with E-state index in [0.717, 1.165) is 5.56 Å². The van der Waals surface area contributed by atoms with Crippen LogP contribution in [0.1, 0.15) is 18.9 Å². The van der Waals surface area contributed by atoms with Gasteiger partial charge in [0.2, 0.25) is 5.91 Å². The van der Waals surface area contributed by atoms with Crippen molar-refractivity contribution < 1.29 is 14.7 Å². The number of carbonyl (C=O) groups excluding carboxylic acids is 1. The Balaban J connectivity index is 2.39. The average molecular weight is 251 g/mol. The van der Waals surface area contributed by atoms with Crippen LogP contribution in [0.5, 0.6) is 0 Å². The van der Waals surface area contributed by atoms with E-state index >= 15 is 0 Å². The number of carboxylic acid groups (broad SMARTS) is 1. The highest BCUT2D eigenvalue weighted by Crippen LogP contribution is 1.97. The highest BCUT2D eigenvalue weighted by Gasteiger charge is 2.19. The molecule has 0 bridgehead atoms. The maximum absolute atomic E-state index is 11.6. The van der Waals surface area contributed by atoms with Crippen LogP contribution in [0.2, 0.25) is 0 Å². The molecule has 1 heterocycles. The molecule has 18 heavy (non-hydrogen) atoms. The number of nitrogens with one attached hydrogen (secondary N) is 2. The normalized spacial score (nSPS) is 11.8. The average Bonchev–Trinajstić information content (AvgIpc) is 2.37. The number of pyridine rings is 1. The number of rotatable bonds is 7. The van der Waals surface area contributed by atoms with Crippen molar-refractivity contribution in [2.45, 2.75) is 25.9 Å². The first kappa shape index (κ1) is 14.1. The molecule has 1 rings (SSSR count). The minimum absolute atomic E-state index is 0.0751. The van der Waals surface area contributed by atoms with Crippen molar-refractivity contribution in [3.05, 3.63) is 30.1 Å². The van der Waals surface area contributed by atoms with Gasteiger partial charge in [0, 0.05) is 18.9 Å². The maximum atomic E-state index is 11.6. The molecule has 0 fully saturated rings. The van der Waals surface area contributed by atoms with Crippen molar-refractivity contribution in [3.8, 4) is 0 Å². The Morgan fingerprint density at radius 3 is 2.61 bits per heavy atom. The van der Waals surface area contributed by atoms with E-state index in [9.17, 15) is 9.59 Å². The van der Waals surface area contributed by atoms with Gasteiger partial charge < -0.3 is 15.7 Å². The van der Waals surface area contributed by atoms with E-state index in [1.54, 1.807) is 31.5 Å². The van der Waals surface area contributed by atoms with Crippen LogP contribution < -0.4 is 10.6 Å². The molecular formula is C12H17N3O3. The van der Waals surface area contributed by atoms with Crippen LogP contribution in [0.25, 0.3) is 0 Å². The number of carboxylic acids is 1. The Labute approximate surface area is 105 Å². The van der Waals surface area contributed by atoms with E-state index < -0.39 is 12.0 Å². The Morgan fingerprint density at radius 1 is 1.39 bits per heavy atom. The summed E-state index contributed by atoms with van der Waals surface area (Å²) in [5.41, 5.74) is 0.925. The minimum Gasteiger partial charge on any atom is -0.480 e. The number of amides is 1. The second-order valence-electron chi connectivity index (χ2n) is 3.78. The number of carbonyl (C=O) groups is 2. The molecule has 1 aromatic rings. The first-order valence-corrected chi connectivity index (χ1v) is 5.75. The lowest BCUT2D eigenvalue weighted by Gasteiger charge is -2.12. The van der Waals surface area contributed by atoms with Crippen molar-refractivity contribution in [1.82, 2.24) is 15.6 Å². The summed E-state index contributed by atoms with van der Waals surface area (Å²) in [5, 5.41) is 14.3. The fourth-order valence-corrected chi connectivity index (χ4v) is 1.45. The third-order valence-electron chi connectivity index (χ3n) is 2.38. The van der Waals surface area contributed by atoms with Gasteiger partial charge in [-0.1, -0.05) is 6.92 Å². The molecule has 0 saturated carbocycles. The van der Waals surface area contributed by atoms with Crippen LogP contribution in [0.15, 0.2) is 24.5 Å². The van der Waals surface area contributed by atoms with Gasteiger partial charge in [-0.05, 0) is 24.2 Å². The molecule has 0 aliphatic rings. The molecule has 1 aromatic heterocycles. The number of aromatic nitrogens is 1. The zero-order valence-electron chi connectivity index (χ0n) is 10.2. The van der Waals surface area contributed by atoms with Gasteiger partial charge in [0.05, 0.1) is 6.42 Å². The first-order valence-electron chi connectivity index (χ1n) is 5.75. The molecule has 1 amide bonds. The fourth-order valence-electron chi connectivity index (χ4n) is 1.45. The number of hydrogen-bond acceptors (Lipinski definition) is 4. The van der Waals surface area contributed by atoms with Crippen molar-refractivity contribution in [1.29, 1.82) is 0 Å². The summed E-state index contributed by atoms with van der Waals surface area (Å²) in [4.78, 5) is 26.3. The second kappa shape index (κ2) is 7.39. The molecule has 0 saturated heterocycles. The van der Waals surface area contributed by atoms with Gasteiger partial charge >= 0.3 is 5.97 Å². The lowest BCUT2D eigenvalue weighted by atomic mass is 10.2. The molecule has 0 radical (unpaired) electrons. The molecule has 1 atom stereocenters. The number of aliphatic carboxylic acids is 1. The number of hydrogen-bond donors (Lipinski definition) is 3. The van der Waals surface area contributed by atoms with Crippen molar-refractivity contribution in [3.63, 3.8) is 0 Å². The van der Waals surface area contributed by atoms with E-state index in [-0.39, 0.29) is 12.3 Å². The maximum Gasteiger partial charge on any atom is 0.321 e. The first-order chi connectivity index (χ1) is 8.63. The molecule has 3 N–H and O–H groups in total. The monoisotopic (exact) mass is 251 g/mol. The number of nitrogens with zero attached hydrogens (tertiary/aromatic N) is 1. The largest absolute Gasteiger partial charge is 0.480 e. The summed E-state index contributed by atoms with van der Waals surface area (Å²) >= 11 is 0. The van der Waals surface area contributed by atoms with Gasteiger partial charge in [-0.25, -0.2) is 0 Å². The second-order valence-corrected chi connectivity index (χ2v) is 3.78. The summed E-state index contributed by atoms with van der Waals surface area (Å²) < 4.78 is 0. The summed E-state index contributed by atoms with van der Waals surface area (Å²) in [6.07, 6.45) is 3.20. The van der Waals surface area contributed by atoms with Gasteiger partial charge in [0.1, 0.15) is 6.04 Å². The van der Waals surface area contributed by atoms with E-state index in [2.05, 4.69) is 15.6 Å². The van der Waals surface area contributed by atoms with Gasteiger partial charge in [-0.3, -0.25) is 14.6 Å². The van der Waals surface area contributed by atoms with E-state index in [1.165, 1.54) is 0 Å². The zero-order valence-corrected chi connectivity index (χ0v) is 10.2. The quantitative estimate of drug-likeness (QED) is 0.641. The minimum atomic E-state index is -1.02. The predicted octanol–water partition coefficient (Wildman–Crippen LogP) is 0.151.